The highest BCUT2D eigenvalue weighted by molar-refractivity contribution is 5.95. The average molecular weight is 338 g/mol. The van der Waals surface area contributed by atoms with E-state index in [9.17, 15) is 4.79 Å². The molecule has 0 spiro atoms. The van der Waals surface area contributed by atoms with Crippen LogP contribution in [-0.2, 0) is 0 Å². The van der Waals surface area contributed by atoms with E-state index >= 15 is 0 Å². The van der Waals surface area contributed by atoms with Crippen LogP contribution < -0.4 is 19.6 Å². The summed E-state index contributed by atoms with van der Waals surface area (Å²) in [5, 5.41) is 3.94. The van der Waals surface area contributed by atoms with Crippen molar-refractivity contribution in [3.8, 4) is 29.6 Å². The van der Waals surface area contributed by atoms with E-state index in [2.05, 4.69) is 16.4 Å². The highest BCUT2D eigenvalue weighted by Gasteiger charge is 2.06. The molecule has 6 heteroatoms. The number of carbonyl (C=O) groups is 1. The number of nitrogens with one attached hydrogen (secondary N) is 1. The molecule has 0 saturated heterocycles. The molecule has 0 saturated carbocycles. The summed E-state index contributed by atoms with van der Waals surface area (Å²) in [7, 11) is 3.10. The maximum Gasteiger partial charge on any atom is 0.271 e. The molecule has 1 amide bonds. The zero-order chi connectivity index (χ0) is 18.1. The lowest BCUT2D eigenvalue weighted by Crippen LogP contribution is -2.17. The number of hydrogen-bond acceptors (Lipinski definition) is 5. The van der Waals surface area contributed by atoms with E-state index in [1.807, 2.05) is 0 Å². The molecule has 0 bridgehead atoms. The van der Waals surface area contributed by atoms with Crippen molar-refractivity contribution in [2.45, 2.75) is 0 Å². The highest BCUT2D eigenvalue weighted by Crippen LogP contribution is 2.27. The number of terminal acetylenes is 1. The van der Waals surface area contributed by atoms with Crippen molar-refractivity contribution in [2.24, 2.45) is 5.10 Å². The lowest BCUT2D eigenvalue weighted by molar-refractivity contribution is 0.0955. The van der Waals surface area contributed by atoms with E-state index in [1.165, 1.54) is 13.3 Å². The van der Waals surface area contributed by atoms with Crippen molar-refractivity contribution >= 4 is 12.1 Å². The van der Waals surface area contributed by atoms with E-state index in [0.29, 0.717) is 22.8 Å². The van der Waals surface area contributed by atoms with Crippen molar-refractivity contribution in [1.29, 1.82) is 0 Å². The minimum atomic E-state index is -0.320. The summed E-state index contributed by atoms with van der Waals surface area (Å²) in [4.78, 5) is 12.0. The van der Waals surface area contributed by atoms with Crippen molar-refractivity contribution in [3.05, 3.63) is 53.6 Å². The van der Waals surface area contributed by atoms with Gasteiger partial charge in [-0.25, -0.2) is 5.43 Å². The van der Waals surface area contributed by atoms with Gasteiger partial charge >= 0.3 is 0 Å². The molecule has 2 aromatic carbocycles. The Bertz CT molecular complexity index is 792. The van der Waals surface area contributed by atoms with Crippen LogP contribution in [-0.4, -0.2) is 32.9 Å². The van der Waals surface area contributed by atoms with Crippen LogP contribution in [0.2, 0.25) is 0 Å². The number of rotatable bonds is 7. The molecule has 25 heavy (non-hydrogen) atoms. The largest absolute Gasteiger partial charge is 0.497 e. The standard InChI is InChI=1S/C19H18N2O4/c1-4-11-25-17-10-5-14(12-18(17)24-3)13-20-21-19(22)15-6-8-16(23-2)9-7-15/h1,5-10,12-13H,11H2,2-3H3,(H,21,22)/b20-13-. The first-order valence-corrected chi connectivity index (χ1v) is 7.39. The van der Waals surface area contributed by atoms with E-state index in [1.54, 1.807) is 49.6 Å². The van der Waals surface area contributed by atoms with E-state index in [-0.39, 0.29) is 12.5 Å². The molecule has 128 valence electrons. The first-order valence-electron chi connectivity index (χ1n) is 7.39. The van der Waals surface area contributed by atoms with Gasteiger partial charge in [0.2, 0.25) is 0 Å². The molecular formula is C19H18N2O4. The van der Waals surface area contributed by atoms with Crippen molar-refractivity contribution in [1.82, 2.24) is 5.43 Å². The predicted octanol–water partition coefficient (Wildman–Crippen LogP) is 2.48. The van der Waals surface area contributed by atoms with E-state index in [4.69, 9.17) is 20.6 Å². The fourth-order valence-electron chi connectivity index (χ4n) is 1.98. The fourth-order valence-corrected chi connectivity index (χ4v) is 1.98. The molecule has 0 heterocycles. The number of hydrazone groups is 1. The normalized spacial score (nSPS) is 10.1. The van der Waals surface area contributed by atoms with Crippen LogP contribution >= 0.6 is 0 Å². The maximum atomic E-state index is 12.0. The number of methoxy groups -OCH3 is 2. The zero-order valence-electron chi connectivity index (χ0n) is 14.0. The van der Waals surface area contributed by atoms with Crippen molar-refractivity contribution in [3.63, 3.8) is 0 Å². The SMILES string of the molecule is C#CCOc1ccc(/C=N\NC(=O)c2ccc(OC)cc2)cc1OC. The molecule has 1 N–H and O–H groups in total. The molecule has 2 aromatic rings. The maximum absolute atomic E-state index is 12.0. The number of benzene rings is 2. The molecular weight excluding hydrogens is 320 g/mol. The Hall–Kier alpha value is -3.46. The summed E-state index contributed by atoms with van der Waals surface area (Å²) < 4.78 is 15.7. The van der Waals surface area contributed by atoms with Crippen LogP contribution in [0.25, 0.3) is 0 Å². The second kappa shape index (κ2) is 8.99. The van der Waals surface area contributed by atoms with Gasteiger partial charge in [0.15, 0.2) is 11.5 Å². The second-order valence-corrected chi connectivity index (χ2v) is 4.83. The first kappa shape index (κ1) is 17.9. The first-order chi connectivity index (χ1) is 12.2. The molecule has 0 aliphatic rings. The monoisotopic (exact) mass is 338 g/mol. The third-order valence-electron chi connectivity index (χ3n) is 3.23. The summed E-state index contributed by atoms with van der Waals surface area (Å²) in [6.07, 6.45) is 6.68. The minimum Gasteiger partial charge on any atom is -0.497 e. The third kappa shape index (κ3) is 5.01. The third-order valence-corrected chi connectivity index (χ3v) is 3.23. The average Bonchev–Trinajstić information content (AvgIpc) is 2.66. The predicted molar refractivity (Wildman–Crippen MR) is 95.4 cm³/mol. The van der Waals surface area contributed by atoms with Gasteiger partial charge in [-0.05, 0) is 48.0 Å². The van der Waals surface area contributed by atoms with Gasteiger partial charge in [-0.3, -0.25) is 4.79 Å². The number of amides is 1. The molecule has 6 nitrogen and oxygen atoms in total. The Morgan fingerprint density at radius 2 is 1.92 bits per heavy atom. The summed E-state index contributed by atoms with van der Waals surface area (Å²) >= 11 is 0. The van der Waals surface area contributed by atoms with E-state index < -0.39 is 0 Å². The second-order valence-electron chi connectivity index (χ2n) is 4.83. The van der Waals surface area contributed by atoms with Crippen LogP contribution in [0, 0.1) is 12.3 Å². The van der Waals surface area contributed by atoms with Gasteiger partial charge < -0.3 is 14.2 Å². The summed E-state index contributed by atoms with van der Waals surface area (Å²) in [6, 6.07) is 12.0. The van der Waals surface area contributed by atoms with Gasteiger partial charge in [0.1, 0.15) is 12.4 Å². The van der Waals surface area contributed by atoms with Gasteiger partial charge in [0, 0.05) is 5.56 Å². The Morgan fingerprint density at radius 3 is 2.56 bits per heavy atom. The molecule has 0 aliphatic heterocycles. The quantitative estimate of drug-likeness (QED) is 0.478. The van der Waals surface area contributed by atoms with Crippen LogP contribution in [0.5, 0.6) is 17.2 Å². The minimum absolute atomic E-state index is 0.154. The van der Waals surface area contributed by atoms with Gasteiger partial charge in [0.05, 0.1) is 20.4 Å². The molecule has 0 unspecified atom stereocenters. The number of hydrogen-bond donors (Lipinski definition) is 1. The lowest BCUT2D eigenvalue weighted by atomic mass is 10.2. The van der Waals surface area contributed by atoms with Crippen LogP contribution in [0.4, 0.5) is 0 Å². The topological polar surface area (TPSA) is 69.2 Å². The molecule has 0 radical (unpaired) electrons. The lowest BCUT2D eigenvalue weighted by Gasteiger charge is -2.09. The Kier molecular flexibility index (Phi) is 6.43. The fraction of sp³-hybridized carbons (Fsp3) is 0.158. The number of nitrogens with zero attached hydrogens (tertiary/aromatic N) is 1. The molecule has 0 aromatic heterocycles. The summed E-state index contributed by atoms with van der Waals surface area (Å²) in [6.45, 7) is 0.154. The van der Waals surface area contributed by atoms with Crippen molar-refractivity contribution in [2.75, 3.05) is 20.8 Å². The number of ether oxygens (including phenoxy) is 3. The number of carbonyl (C=O) groups excluding carboxylic acids is 1. The van der Waals surface area contributed by atoms with Crippen LogP contribution in [0.1, 0.15) is 15.9 Å². The molecule has 0 fully saturated rings. The molecule has 0 aliphatic carbocycles. The van der Waals surface area contributed by atoms with Gasteiger partial charge in [-0.15, -0.1) is 6.42 Å². The van der Waals surface area contributed by atoms with E-state index in [0.717, 1.165) is 5.56 Å². The van der Waals surface area contributed by atoms with Gasteiger partial charge in [-0.1, -0.05) is 5.92 Å². The Labute approximate surface area is 146 Å². The highest BCUT2D eigenvalue weighted by atomic mass is 16.5. The summed E-state index contributed by atoms with van der Waals surface area (Å²) in [5.41, 5.74) is 3.68. The van der Waals surface area contributed by atoms with Crippen molar-refractivity contribution < 1.29 is 19.0 Å². The van der Waals surface area contributed by atoms with Crippen LogP contribution in [0.15, 0.2) is 47.6 Å². The van der Waals surface area contributed by atoms with Crippen LogP contribution in [0.3, 0.4) is 0 Å². The Balaban J connectivity index is 2.01. The summed E-state index contributed by atoms with van der Waals surface area (Å²) in [5.74, 6) is 3.82. The Morgan fingerprint density at radius 1 is 1.16 bits per heavy atom. The zero-order valence-corrected chi connectivity index (χ0v) is 14.0. The van der Waals surface area contributed by atoms with Gasteiger partial charge in [-0.2, -0.15) is 5.10 Å². The molecule has 0 atom stereocenters. The smallest absolute Gasteiger partial charge is 0.271 e. The molecule has 2 rings (SSSR count). The van der Waals surface area contributed by atoms with Gasteiger partial charge in [0.25, 0.3) is 5.91 Å².